The van der Waals surface area contributed by atoms with Crippen LogP contribution in [0.2, 0.25) is 0 Å². The fraction of sp³-hybridized carbons (Fsp3) is 0.250. The highest BCUT2D eigenvalue weighted by molar-refractivity contribution is 5.82. The van der Waals surface area contributed by atoms with Crippen molar-refractivity contribution in [3.8, 4) is 0 Å². The van der Waals surface area contributed by atoms with Crippen LogP contribution in [0.3, 0.4) is 0 Å². The highest BCUT2D eigenvalue weighted by Gasteiger charge is 2.05. The van der Waals surface area contributed by atoms with Crippen molar-refractivity contribution >= 4 is 22.5 Å². The van der Waals surface area contributed by atoms with Crippen LogP contribution in [0.15, 0.2) is 48.9 Å². The van der Waals surface area contributed by atoms with Crippen molar-refractivity contribution in [1.29, 1.82) is 0 Å². The van der Waals surface area contributed by atoms with Gasteiger partial charge in [0.15, 0.2) is 0 Å². The zero-order valence-electron chi connectivity index (χ0n) is 11.7. The van der Waals surface area contributed by atoms with Crippen molar-refractivity contribution in [3.63, 3.8) is 0 Å². The lowest BCUT2D eigenvalue weighted by Gasteiger charge is -2.11. The summed E-state index contributed by atoms with van der Waals surface area (Å²) >= 11 is 0. The van der Waals surface area contributed by atoms with Gasteiger partial charge in [-0.1, -0.05) is 32.0 Å². The van der Waals surface area contributed by atoms with Crippen molar-refractivity contribution in [2.24, 2.45) is 5.92 Å². The molecule has 0 spiro atoms. The molecule has 2 aromatic heterocycles. The third-order valence-corrected chi connectivity index (χ3v) is 3.12. The Hall–Kier alpha value is -2.36. The monoisotopic (exact) mass is 266 g/mol. The molecule has 0 amide bonds. The van der Waals surface area contributed by atoms with Crippen LogP contribution in [-0.2, 0) is 6.54 Å². The molecule has 1 N–H and O–H groups in total. The van der Waals surface area contributed by atoms with E-state index in [0.717, 1.165) is 29.1 Å². The van der Waals surface area contributed by atoms with E-state index in [2.05, 4.69) is 45.8 Å². The average molecular weight is 266 g/mol. The maximum absolute atomic E-state index is 4.45. The van der Waals surface area contributed by atoms with E-state index in [4.69, 9.17) is 0 Å². The number of imidazole rings is 1. The SMILES string of the molecule is CC(C)Cn1ccnc1Nc1cnc2ccccc2c1. The number of hydrogen-bond donors (Lipinski definition) is 1. The van der Waals surface area contributed by atoms with Gasteiger partial charge in [-0.15, -0.1) is 0 Å². The van der Waals surface area contributed by atoms with Gasteiger partial charge in [0.25, 0.3) is 0 Å². The first kappa shape index (κ1) is 12.7. The number of nitrogens with one attached hydrogen (secondary N) is 1. The maximum atomic E-state index is 4.45. The summed E-state index contributed by atoms with van der Waals surface area (Å²) in [5, 5.41) is 4.46. The van der Waals surface area contributed by atoms with Gasteiger partial charge in [0.1, 0.15) is 0 Å². The fourth-order valence-electron chi connectivity index (χ4n) is 2.24. The van der Waals surface area contributed by atoms with E-state index in [-0.39, 0.29) is 0 Å². The van der Waals surface area contributed by atoms with Crippen LogP contribution in [-0.4, -0.2) is 14.5 Å². The Bertz CT molecular complexity index is 715. The fourth-order valence-corrected chi connectivity index (χ4v) is 2.24. The largest absolute Gasteiger partial charge is 0.324 e. The molecule has 0 bridgehead atoms. The Morgan fingerprint density at radius 3 is 2.90 bits per heavy atom. The molecule has 4 nitrogen and oxygen atoms in total. The van der Waals surface area contributed by atoms with Gasteiger partial charge in [0.05, 0.1) is 17.4 Å². The van der Waals surface area contributed by atoms with Gasteiger partial charge in [-0.3, -0.25) is 4.98 Å². The highest BCUT2D eigenvalue weighted by atomic mass is 15.2. The molecule has 0 aliphatic rings. The average Bonchev–Trinajstić information content (AvgIpc) is 2.85. The second-order valence-electron chi connectivity index (χ2n) is 5.34. The van der Waals surface area contributed by atoms with Crippen molar-refractivity contribution in [1.82, 2.24) is 14.5 Å². The van der Waals surface area contributed by atoms with Gasteiger partial charge in [0.2, 0.25) is 5.95 Å². The van der Waals surface area contributed by atoms with Gasteiger partial charge in [-0.25, -0.2) is 4.98 Å². The van der Waals surface area contributed by atoms with Crippen LogP contribution in [0.4, 0.5) is 11.6 Å². The molecule has 0 unspecified atom stereocenters. The van der Waals surface area contributed by atoms with E-state index in [9.17, 15) is 0 Å². The molecule has 0 atom stereocenters. The highest BCUT2D eigenvalue weighted by Crippen LogP contribution is 2.19. The minimum Gasteiger partial charge on any atom is -0.324 e. The van der Waals surface area contributed by atoms with E-state index in [1.54, 1.807) is 0 Å². The van der Waals surface area contributed by atoms with Crippen LogP contribution < -0.4 is 5.32 Å². The van der Waals surface area contributed by atoms with Crippen molar-refractivity contribution < 1.29 is 0 Å². The molecule has 0 radical (unpaired) electrons. The van der Waals surface area contributed by atoms with Gasteiger partial charge >= 0.3 is 0 Å². The normalized spacial score (nSPS) is 11.2. The summed E-state index contributed by atoms with van der Waals surface area (Å²) in [6, 6.07) is 10.2. The van der Waals surface area contributed by atoms with Crippen molar-refractivity contribution in [2.75, 3.05) is 5.32 Å². The molecule has 4 heteroatoms. The van der Waals surface area contributed by atoms with Crippen molar-refractivity contribution in [2.45, 2.75) is 20.4 Å². The quantitative estimate of drug-likeness (QED) is 0.780. The van der Waals surface area contributed by atoms with Crippen LogP contribution >= 0.6 is 0 Å². The molecule has 0 aliphatic carbocycles. The number of fused-ring (bicyclic) bond motifs is 1. The number of pyridine rings is 1. The summed E-state index contributed by atoms with van der Waals surface area (Å²) in [4.78, 5) is 8.82. The molecule has 0 fully saturated rings. The molecule has 102 valence electrons. The van der Waals surface area contributed by atoms with Crippen LogP contribution in [0.5, 0.6) is 0 Å². The second kappa shape index (κ2) is 5.33. The molecule has 0 saturated heterocycles. The molecule has 1 aromatic carbocycles. The number of nitrogens with zero attached hydrogens (tertiary/aromatic N) is 3. The number of anilines is 2. The number of para-hydroxylation sites is 1. The summed E-state index contributed by atoms with van der Waals surface area (Å²) < 4.78 is 2.12. The first-order valence-electron chi connectivity index (χ1n) is 6.85. The third kappa shape index (κ3) is 2.64. The minimum absolute atomic E-state index is 0.583. The number of benzene rings is 1. The number of rotatable bonds is 4. The molecule has 0 aliphatic heterocycles. The third-order valence-electron chi connectivity index (χ3n) is 3.12. The smallest absolute Gasteiger partial charge is 0.207 e. The summed E-state index contributed by atoms with van der Waals surface area (Å²) in [5.41, 5.74) is 1.96. The minimum atomic E-state index is 0.583. The van der Waals surface area contributed by atoms with Gasteiger partial charge in [-0.05, 0) is 18.1 Å². The Morgan fingerprint density at radius 1 is 1.20 bits per heavy atom. The summed E-state index contributed by atoms with van der Waals surface area (Å²) in [6.07, 6.45) is 5.66. The predicted octanol–water partition coefficient (Wildman–Crippen LogP) is 3.83. The lowest BCUT2D eigenvalue weighted by Crippen LogP contribution is -2.07. The van der Waals surface area contributed by atoms with Crippen molar-refractivity contribution in [3.05, 3.63) is 48.9 Å². The van der Waals surface area contributed by atoms with Crippen LogP contribution in [0.25, 0.3) is 10.9 Å². The predicted molar refractivity (Wildman–Crippen MR) is 82.1 cm³/mol. The second-order valence-corrected chi connectivity index (χ2v) is 5.34. The molecule has 3 rings (SSSR count). The molecule has 20 heavy (non-hydrogen) atoms. The van der Waals surface area contributed by atoms with Gasteiger partial charge in [-0.2, -0.15) is 0 Å². The van der Waals surface area contributed by atoms with E-state index in [0.29, 0.717) is 5.92 Å². The number of hydrogen-bond acceptors (Lipinski definition) is 3. The van der Waals surface area contributed by atoms with E-state index >= 15 is 0 Å². The summed E-state index contributed by atoms with van der Waals surface area (Å²) in [7, 11) is 0. The Labute approximate surface area is 118 Å². The standard InChI is InChI=1S/C16H18N4/c1-12(2)11-20-8-7-17-16(20)19-14-9-13-5-3-4-6-15(13)18-10-14/h3-10,12H,11H2,1-2H3,(H,17,19). The van der Waals surface area contributed by atoms with Gasteiger partial charge in [0, 0.05) is 24.3 Å². The van der Waals surface area contributed by atoms with E-state index < -0.39 is 0 Å². The Morgan fingerprint density at radius 2 is 2.05 bits per heavy atom. The van der Waals surface area contributed by atoms with E-state index in [1.165, 1.54) is 0 Å². The van der Waals surface area contributed by atoms with E-state index in [1.807, 2.05) is 36.8 Å². The summed E-state index contributed by atoms with van der Waals surface area (Å²) in [6.45, 7) is 5.34. The maximum Gasteiger partial charge on any atom is 0.207 e. The number of aromatic nitrogens is 3. The lowest BCUT2D eigenvalue weighted by molar-refractivity contribution is 0.527. The first-order valence-corrected chi connectivity index (χ1v) is 6.85. The van der Waals surface area contributed by atoms with Crippen LogP contribution in [0, 0.1) is 5.92 Å². The Kier molecular flexibility index (Phi) is 3.37. The lowest BCUT2D eigenvalue weighted by atomic mass is 10.2. The summed E-state index contributed by atoms with van der Waals surface area (Å²) in [5.74, 6) is 1.44. The molecule has 3 aromatic rings. The van der Waals surface area contributed by atoms with Gasteiger partial charge < -0.3 is 9.88 Å². The molecular weight excluding hydrogens is 248 g/mol. The Balaban J connectivity index is 1.87. The first-order chi connectivity index (χ1) is 9.72. The molecule has 2 heterocycles. The molecular formula is C16H18N4. The van der Waals surface area contributed by atoms with Crippen LogP contribution in [0.1, 0.15) is 13.8 Å². The zero-order chi connectivity index (χ0) is 13.9. The topological polar surface area (TPSA) is 42.7 Å². The molecule has 0 saturated carbocycles. The zero-order valence-corrected chi connectivity index (χ0v) is 11.7.